The lowest BCUT2D eigenvalue weighted by atomic mass is 10.1. The summed E-state index contributed by atoms with van der Waals surface area (Å²) in [5.41, 5.74) is 5.82. The van der Waals surface area contributed by atoms with E-state index in [9.17, 15) is 4.79 Å². The van der Waals surface area contributed by atoms with Crippen molar-refractivity contribution in [2.45, 2.75) is 12.5 Å². The quantitative estimate of drug-likeness (QED) is 0.737. The van der Waals surface area contributed by atoms with Crippen molar-refractivity contribution in [3.8, 4) is 5.75 Å². The molecule has 1 fully saturated rings. The number of anilines is 1. The van der Waals surface area contributed by atoms with Crippen molar-refractivity contribution in [1.82, 2.24) is 9.88 Å². The molecule has 3 N–H and O–H groups in total. The number of pyridine rings is 1. The summed E-state index contributed by atoms with van der Waals surface area (Å²) in [6.45, 7) is 1.64. The maximum Gasteiger partial charge on any atom is 0.290 e. The Hall–Kier alpha value is -1.49. The molecule has 15 heavy (non-hydrogen) atoms. The van der Waals surface area contributed by atoms with E-state index in [-0.39, 0.29) is 5.56 Å². The number of likely N-dealkylation sites (N-methyl/N-ethyl adjacent to an activating group) is 1. The first-order valence-corrected chi connectivity index (χ1v) is 4.98. The zero-order valence-electron chi connectivity index (χ0n) is 8.69. The van der Waals surface area contributed by atoms with E-state index < -0.39 is 0 Å². The first-order chi connectivity index (χ1) is 7.16. The molecule has 1 aromatic heterocycles. The Morgan fingerprint density at radius 2 is 2.53 bits per heavy atom. The Morgan fingerprint density at radius 1 is 1.73 bits per heavy atom. The zero-order chi connectivity index (χ0) is 10.8. The number of H-pyrrole nitrogens is 1. The normalized spacial score (nSPS) is 21.0. The van der Waals surface area contributed by atoms with Gasteiger partial charge in [0.05, 0.1) is 5.69 Å². The summed E-state index contributed by atoms with van der Waals surface area (Å²) < 4.78 is 5.43. The van der Waals surface area contributed by atoms with Crippen LogP contribution >= 0.6 is 0 Å². The topological polar surface area (TPSA) is 71.3 Å². The monoisotopic (exact) mass is 209 g/mol. The van der Waals surface area contributed by atoms with Gasteiger partial charge in [0.25, 0.3) is 5.56 Å². The molecule has 2 rings (SSSR count). The molecule has 0 bridgehead atoms. The third-order valence-electron chi connectivity index (χ3n) is 2.76. The first-order valence-electron chi connectivity index (χ1n) is 4.98. The van der Waals surface area contributed by atoms with Crippen LogP contribution in [0.2, 0.25) is 0 Å². The average molecular weight is 209 g/mol. The van der Waals surface area contributed by atoms with Gasteiger partial charge in [-0.25, -0.2) is 0 Å². The van der Waals surface area contributed by atoms with Crippen LogP contribution in [0.15, 0.2) is 17.1 Å². The van der Waals surface area contributed by atoms with Crippen molar-refractivity contribution in [2.24, 2.45) is 0 Å². The van der Waals surface area contributed by atoms with Crippen molar-refractivity contribution in [3.05, 3.63) is 22.6 Å². The number of nitrogens with zero attached hydrogens (tertiary/aromatic N) is 1. The van der Waals surface area contributed by atoms with E-state index in [0.29, 0.717) is 24.1 Å². The largest absolute Gasteiger partial charge is 0.486 e. The minimum Gasteiger partial charge on any atom is -0.486 e. The van der Waals surface area contributed by atoms with Crippen LogP contribution in [0.3, 0.4) is 0 Å². The molecule has 0 saturated carbocycles. The first kappa shape index (κ1) is 10.0. The number of nitrogen functional groups attached to an aromatic ring is 1. The summed E-state index contributed by atoms with van der Waals surface area (Å²) in [6, 6.07) is 1.98. The average Bonchev–Trinajstić information content (AvgIpc) is 2.21. The number of aromatic nitrogens is 1. The molecule has 1 atom stereocenters. The fraction of sp³-hybridized carbons (Fsp3) is 0.500. The van der Waals surface area contributed by atoms with Gasteiger partial charge in [0.15, 0.2) is 5.75 Å². The van der Waals surface area contributed by atoms with Crippen LogP contribution in [0, 0.1) is 0 Å². The summed E-state index contributed by atoms with van der Waals surface area (Å²) in [5.74, 6) is 0.301. The fourth-order valence-electron chi connectivity index (χ4n) is 1.55. The zero-order valence-corrected chi connectivity index (χ0v) is 8.69. The number of hydrogen-bond acceptors (Lipinski definition) is 4. The SMILES string of the molecule is CN1CC[C@H]1COc1cc(N)c[nH]c1=O. The Labute approximate surface area is 87.8 Å². The molecule has 82 valence electrons. The second kappa shape index (κ2) is 3.94. The molecule has 5 heteroatoms. The molecule has 1 aliphatic heterocycles. The minimum atomic E-state index is -0.230. The van der Waals surface area contributed by atoms with Crippen LogP contribution in [-0.2, 0) is 0 Å². The highest BCUT2D eigenvalue weighted by Gasteiger charge is 2.24. The van der Waals surface area contributed by atoms with Gasteiger partial charge < -0.3 is 15.5 Å². The highest BCUT2D eigenvalue weighted by Crippen LogP contribution is 2.15. The second-order valence-corrected chi connectivity index (χ2v) is 3.86. The number of nitrogens with one attached hydrogen (secondary N) is 1. The molecule has 1 aromatic rings. The summed E-state index contributed by atoms with van der Waals surface area (Å²) in [5, 5.41) is 0. The lowest BCUT2D eigenvalue weighted by Gasteiger charge is -2.37. The third-order valence-corrected chi connectivity index (χ3v) is 2.76. The van der Waals surface area contributed by atoms with Crippen LogP contribution in [0.5, 0.6) is 5.75 Å². The van der Waals surface area contributed by atoms with Crippen LogP contribution in [0.1, 0.15) is 6.42 Å². The molecular formula is C10H15N3O2. The maximum atomic E-state index is 11.3. The van der Waals surface area contributed by atoms with Gasteiger partial charge in [-0.2, -0.15) is 0 Å². The predicted octanol–water partition coefficient (Wildman–Crippen LogP) is 0.0400. The van der Waals surface area contributed by atoms with Crippen molar-refractivity contribution in [2.75, 3.05) is 25.9 Å². The standard InChI is InChI=1S/C10H15N3O2/c1-13-3-2-8(13)6-15-9-4-7(11)5-12-10(9)14/h4-5,8H,2-3,6,11H2,1H3,(H,12,14)/t8-/m0/s1. The maximum absolute atomic E-state index is 11.3. The summed E-state index contributed by atoms with van der Waals surface area (Å²) in [7, 11) is 2.04. The highest BCUT2D eigenvalue weighted by molar-refractivity contribution is 5.39. The van der Waals surface area contributed by atoms with Crippen molar-refractivity contribution in [3.63, 3.8) is 0 Å². The summed E-state index contributed by atoms with van der Waals surface area (Å²) in [6.07, 6.45) is 2.58. The van der Waals surface area contributed by atoms with Crippen molar-refractivity contribution in [1.29, 1.82) is 0 Å². The smallest absolute Gasteiger partial charge is 0.290 e. The number of rotatable bonds is 3. The van der Waals surface area contributed by atoms with E-state index in [0.717, 1.165) is 13.0 Å². The van der Waals surface area contributed by atoms with Gasteiger partial charge in [0.2, 0.25) is 0 Å². The van der Waals surface area contributed by atoms with Gasteiger partial charge in [-0.1, -0.05) is 0 Å². The number of likely N-dealkylation sites (tertiary alicyclic amines) is 1. The van der Waals surface area contributed by atoms with Crippen molar-refractivity contribution < 1.29 is 4.74 Å². The van der Waals surface area contributed by atoms with Gasteiger partial charge >= 0.3 is 0 Å². The predicted molar refractivity (Wildman–Crippen MR) is 58.0 cm³/mol. The van der Waals surface area contributed by atoms with Gasteiger partial charge in [0.1, 0.15) is 6.61 Å². The summed E-state index contributed by atoms with van der Waals surface area (Å²) >= 11 is 0. The number of hydrogen-bond donors (Lipinski definition) is 2. The molecule has 1 saturated heterocycles. The van der Waals surface area contributed by atoms with E-state index in [1.807, 2.05) is 7.05 Å². The Bertz CT molecular complexity index is 402. The number of nitrogens with two attached hydrogens (primary N) is 1. The Balaban J connectivity index is 1.98. The van der Waals surface area contributed by atoms with E-state index in [1.54, 1.807) is 6.07 Å². The van der Waals surface area contributed by atoms with Gasteiger partial charge in [-0.05, 0) is 20.0 Å². The molecular weight excluding hydrogens is 194 g/mol. The molecule has 0 radical (unpaired) electrons. The molecule has 0 aromatic carbocycles. The second-order valence-electron chi connectivity index (χ2n) is 3.86. The molecule has 0 unspecified atom stereocenters. The fourth-order valence-corrected chi connectivity index (χ4v) is 1.55. The molecule has 0 spiro atoms. The molecule has 0 aliphatic carbocycles. The van der Waals surface area contributed by atoms with Gasteiger partial charge in [-0.3, -0.25) is 9.69 Å². The van der Waals surface area contributed by atoms with Gasteiger partial charge in [-0.15, -0.1) is 0 Å². The minimum absolute atomic E-state index is 0.230. The van der Waals surface area contributed by atoms with Gasteiger partial charge in [0, 0.05) is 18.3 Å². The van der Waals surface area contributed by atoms with Crippen LogP contribution < -0.4 is 16.0 Å². The van der Waals surface area contributed by atoms with Crippen LogP contribution in [0.4, 0.5) is 5.69 Å². The molecule has 5 nitrogen and oxygen atoms in total. The Kier molecular flexibility index (Phi) is 2.64. The summed E-state index contributed by atoms with van der Waals surface area (Å²) in [4.78, 5) is 16.0. The number of ether oxygens (including phenoxy) is 1. The molecule has 2 heterocycles. The lowest BCUT2D eigenvalue weighted by Crippen LogP contribution is -2.48. The van der Waals surface area contributed by atoms with E-state index in [1.165, 1.54) is 6.20 Å². The van der Waals surface area contributed by atoms with Crippen LogP contribution in [-0.4, -0.2) is 36.1 Å². The lowest BCUT2D eigenvalue weighted by molar-refractivity contribution is 0.0763. The number of aromatic amines is 1. The molecule has 0 amide bonds. The van der Waals surface area contributed by atoms with Crippen LogP contribution in [0.25, 0.3) is 0 Å². The highest BCUT2D eigenvalue weighted by atomic mass is 16.5. The van der Waals surface area contributed by atoms with E-state index >= 15 is 0 Å². The van der Waals surface area contributed by atoms with Crippen molar-refractivity contribution >= 4 is 5.69 Å². The van der Waals surface area contributed by atoms with E-state index in [2.05, 4.69) is 9.88 Å². The third kappa shape index (κ3) is 2.12. The Morgan fingerprint density at radius 3 is 3.13 bits per heavy atom. The molecule has 1 aliphatic rings. The van der Waals surface area contributed by atoms with E-state index in [4.69, 9.17) is 10.5 Å².